The van der Waals surface area contributed by atoms with Crippen LogP contribution in [0, 0.1) is 0 Å². The summed E-state index contributed by atoms with van der Waals surface area (Å²) in [6.07, 6.45) is 2.12. The van der Waals surface area contributed by atoms with Gasteiger partial charge in [0.1, 0.15) is 5.75 Å². The Morgan fingerprint density at radius 2 is 1.88 bits per heavy atom. The number of hydrogen-bond acceptors (Lipinski definition) is 4. The van der Waals surface area contributed by atoms with Crippen LogP contribution in [0.5, 0.6) is 17.2 Å². The molecule has 1 heterocycles. The molecular formula is C19H19NO4. The fourth-order valence-electron chi connectivity index (χ4n) is 2.88. The summed E-state index contributed by atoms with van der Waals surface area (Å²) in [4.78, 5) is 14.9. The van der Waals surface area contributed by atoms with Crippen molar-refractivity contribution in [3.63, 3.8) is 0 Å². The first-order valence-corrected chi connectivity index (χ1v) is 8.08. The van der Waals surface area contributed by atoms with Crippen molar-refractivity contribution in [2.45, 2.75) is 25.4 Å². The number of nitrogens with zero attached hydrogens (tertiary/aromatic N) is 1. The van der Waals surface area contributed by atoms with E-state index in [1.165, 1.54) is 0 Å². The van der Waals surface area contributed by atoms with Gasteiger partial charge in [0.25, 0.3) is 5.91 Å². The molecule has 2 aliphatic rings. The molecule has 5 heteroatoms. The topological polar surface area (TPSA) is 48.0 Å². The van der Waals surface area contributed by atoms with Crippen LogP contribution in [-0.4, -0.2) is 30.8 Å². The Morgan fingerprint density at radius 3 is 2.58 bits per heavy atom. The highest BCUT2D eigenvalue weighted by molar-refractivity contribution is 5.95. The summed E-state index contributed by atoms with van der Waals surface area (Å²) in [5, 5.41) is 0. The van der Waals surface area contributed by atoms with Crippen molar-refractivity contribution in [1.29, 1.82) is 0 Å². The SMILES string of the molecule is COc1ccc(CN(C(=O)c2ccc3c(c2)OCO3)C2CC2)cc1. The van der Waals surface area contributed by atoms with Crippen LogP contribution in [0.3, 0.4) is 0 Å². The van der Waals surface area contributed by atoms with Crippen LogP contribution < -0.4 is 14.2 Å². The summed E-state index contributed by atoms with van der Waals surface area (Å²) in [6.45, 7) is 0.813. The lowest BCUT2D eigenvalue weighted by atomic mass is 10.1. The fraction of sp³-hybridized carbons (Fsp3) is 0.316. The summed E-state index contributed by atoms with van der Waals surface area (Å²) >= 11 is 0. The molecule has 4 rings (SSSR count). The molecule has 0 unspecified atom stereocenters. The molecule has 0 spiro atoms. The third-order valence-electron chi connectivity index (χ3n) is 4.38. The van der Waals surface area contributed by atoms with Crippen LogP contribution in [0.1, 0.15) is 28.8 Å². The standard InChI is InChI=1S/C19H19NO4/c1-22-16-7-2-13(3-8-16)11-20(15-5-6-15)19(21)14-4-9-17-18(10-14)24-12-23-17/h2-4,7-10,15H,5-6,11-12H2,1H3. The van der Waals surface area contributed by atoms with Gasteiger partial charge >= 0.3 is 0 Å². The van der Waals surface area contributed by atoms with E-state index >= 15 is 0 Å². The van der Waals surface area contributed by atoms with Gasteiger partial charge in [-0.3, -0.25) is 4.79 Å². The van der Waals surface area contributed by atoms with Crippen molar-refractivity contribution < 1.29 is 19.0 Å². The third kappa shape index (κ3) is 2.89. The van der Waals surface area contributed by atoms with Gasteiger partial charge in [0.05, 0.1) is 7.11 Å². The minimum absolute atomic E-state index is 0.0339. The highest BCUT2D eigenvalue weighted by Gasteiger charge is 2.33. The van der Waals surface area contributed by atoms with Gasteiger partial charge in [-0.15, -0.1) is 0 Å². The van der Waals surface area contributed by atoms with E-state index in [0.29, 0.717) is 29.6 Å². The van der Waals surface area contributed by atoms with Gasteiger partial charge < -0.3 is 19.1 Å². The van der Waals surface area contributed by atoms with Crippen LogP contribution in [0.4, 0.5) is 0 Å². The summed E-state index contributed by atoms with van der Waals surface area (Å²) in [5.74, 6) is 2.19. The number of hydrogen-bond donors (Lipinski definition) is 0. The second-order valence-corrected chi connectivity index (χ2v) is 6.08. The Balaban J connectivity index is 1.55. The summed E-state index contributed by atoms with van der Waals surface area (Å²) in [7, 11) is 1.65. The van der Waals surface area contributed by atoms with Crippen molar-refractivity contribution >= 4 is 5.91 Å². The number of carbonyl (C=O) groups is 1. The quantitative estimate of drug-likeness (QED) is 0.847. The van der Waals surface area contributed by atoms with Crippen LogP contribution in [-0.2, 0) is 6.54 Å². The Morgan fingerprint density at radius 1 is 1.12 bits per heavy atom. The second kappa shape index (κ2) is 6.07. The molecule has 0 N–H and O–H groups in total. The van der Waals surface area contributed by atoms with Crippen molar-refractivity contribution in [2.24, 2.45) is 0 Å². The smallest absolute Gasteiger partial charge is 0.254 e. The number of benzene rings is 2. The third-order valence-corrected chi connectivity index (χ3v) is 4.38. The van der Waals surface area contributed by atoms with Gasteiger partial charge in [0, 0.05) is 18.2 Å². The monoisotopic (exact) mass is 325 g/mol. The molecule has 0 saturated heterocycles. The summed E-state index contributed by atoms with van der Waals surface area (Å²) in [6, 6.07) is 13.5. The second-order valence-electron chi connectivity index (χ2n) is 6.08. The molecule has 2 aromatic rings. The number of carbonyl (C=O) groups excluding carboxylic acids is 1. The van der Waals surface area contributed by atoms with Gasteiger partial charge in [-0.2, -0.15) is 0 Å². The number of ether oxygens (including phenoxy) is 3. The number of methoxy groups -OCH3 is 1. The van der Waals surface area contributed by atoms with E-state index in [0.717, 1.165) is 24.2 Å². The molecule has 2 aromatic carbocycles. The van der Waals surface area contributed by atoms with E-state index < -0.39 is 0 Å². The average molecular weight is 325 g/mol. The van der Waals surface area contributed by atoms with Crippen molar-refractivity contribution in [3.8, 4) is 17.2 Å². The zero-order valence-electron chi connectivity index (χ0n) is 13.5. The Labute approximate surface area is 140 Å². The first-order chi connectivity index (χ1) is 11.7. The van der Waals surface area contributed by atoms with E-state index in [4.69, 9.17) is 14.2 Å². The predicted octanol–water partition coefficient (Wildman–Crippen LogP) is 3.23. The van der Waals surface area contributed by atoms with Crippen LogP contribution in [0.25, 0.3) is 0 Å². The van der Waals surface area contributed by atoms with Crippen molar-refractivity contribution in [2.75, 3.05) is 13.9 Å². The molecule has 0 atom stereocenters. The lowest BCUT2D eigenvalue weighted by Crippen LogP contribution is -2.32. The van der Waals surface area contributed by atoms with Gasteiger partial charge in [-0.25, -0.2) is 0 Å². The van der Waals surface area contributed by atoms with Gasteiger partial charge in [0.2, 0.25) is 6.79 Å². The Bertz CT molecular complexity index is 752. The molecule has 0 aromatic heterocycles. The minimum atomic E-state index is 0.0339. The molecule has 0 radical (unpaired) electrons. The molecule has 1 saturated carbocycles. The maximum absolute atomic E-state index is 13.0. The first-order valence-electron chi connectivity index (χ1n) is 8.08. The van der Waals surface area contributed by atoms with Crippen LogP contribution in [0.15, 0.2) is 42.5 Å². The highest BCUT2D eigenvalue weighted by Crippen LogP contribution is 2.35. The lowest BCUT2D eigenvalue weighted by Gasteiger charge is -2.23. The van der Waals surface area contributed by atoms with E-state index in [2.05, 4.69) is 0 Å². The fourth-order valence-corrected chi connectivity index (χ4v) is 2.88. The Hall–Kier alpha value is -2.69. The molecular weight excluding hydrogens is 306 g/mol. The minimum Gasteiger partial charge on any atom is -0.497 e. The van der Waals surface area contributed by atoms with Crippen LogP contribution in [0.2, 0.25) is 0 Å². The lowest BCUT2D eigenvalue weighted by molar-refractivity contribution is 0.0729. The molecule has 1 aliphatic carbocycles. The van der Waals surface area contributed by atoms with E-state index in [-0.39, 0.29) is 12.7 Å². The molecule has 1 fully saturated rings. The van der Waals surface area contributed by atoms with Crippen molar-refractivity contribution in [1.82, 2.24) is 4.90 Å². The Kier molecular flexibility index (Phi) is 3.76. The van der Waals surface area contributed by atoms with Crippen molar-refractivity contribution in [3.05, 3.63) is 53.6 Å². The molecule has 0 bridgehead atoms. The molecule has 24 heavy (non-hydrogen) atoms. The van der Waals surface area contributed by atoms with Gasteiger partial charge in [-0.1, -0.05) is 12.1 Å². The van der Waals surface area contributed by atoms with Gasteiger partial charge in [-0.05, 0) is 48.7 Å². The largest absolute Gasteiger partial charge is 0.497 e. The maximum atomic E-state index is 13.0. The molecule has 124 valence electrons. The first kappa shape index (κ1) is 14.9. The maximum Gasteiger partial charge on any atom is 0.254 e. The van der Waals surface area contributed by atoms with E-state index in [1.54, 1.807) is 25.3 Å². The number of rotatable bonds is 5. The van der Waals surface area contributed by atoms with Crippen LogP contribution >= 0.6 is 0 Å². The van der Waals surface area contributed by atoms with E-state index in [9.17, 15) is 4.79 Å². The predicted molar refractivity (Wildman–Crippen MR) is 88.5 cm³/mol. The van der Waals surface area contributed by atoms with E-state index in [1.807, 2.05) is 29.2 Å². The molecule has 1 aliphatic heterocycles. The molecule has 5 nitrogen and oxygen atoms in total. The molecule has 1 amide bonds. The summed E-state index contributed by atoms with van der Waals surface area (Å²) in [5.41, 5.74) is 1.73. The average Bonchev–Trinajstić information content (AvgIpc) is 3.36. The number of amides is 1. The zero-order chi connectivity index (χ0) is 16.5. The highest BCUT2D eigenvalue weighted by atomic mass is 16.7. The van der Waals surface area contributed by atoms with Gasteiger partial charge in [0.15, 0.2) is 11.5 Å². The number of fused-ring (bicyclic) bond motifs is 1. The summed E-state index contributed by atoms with van der Waals surface area (Å²) < 4.78 is 15.9. The normalized spacial score (nSPS) is 15.2. The zero-order valence-corrected chi connectivity index (χ0v) is 13.5.